The SMILES string of the molecule is CCCCC1(CC)CN(c2ccccc2)c2cc(Br)c(OCC(=O)N[C@@H](C(=O)NCC(=O)O)c3ccccc3)cc2S(=O)(=O)C1. The second-order valence-corrected chi connectivity index (χ2v) is 14.0. The van der Waals surface area contributed by atoms with Gasteiger partial charge in [-0.15, -0.1) is 0 Å². The molecule has 12 heteroatoms. The van der Waals surface area contributed by atoms with E-state index in [9.17, 15) is 22.8 Å². The van der Waals surface area contributed by atoms with Crippen LogP contribution in [0, 0.1) is 5.41 Å². The monoisotopic (exact) mass is 699 g/mol. The molecule has 240 valence electrons. The molecule has 1 aliphatic heterocycles. The summed E-state index contributed by atoms with van der Waals surface area (Å²) in [6, 6.07) is 20.1. The highest BCUT2D eigenvalue weighted by Crippen LogP contribution is 2.46. The third-order valence-electron chi connectivity index (χ3n) is 7.98. The molecule has 0 spiro atoms. The Balaban J connectivity index is 1.63. The van der Waals surface area contributed by atoms with Crippen molar-refractivity contribution < 1.29 is 32.6 Å². The number of nitrogens with zero attached hydrogens (tertiary/aromatic N) is 1. The number of benzene rings is 3. The van der Waals surface area contributed by atoms with Gasteiger partial charge in [-0.3, -0.25) is 14.4 Å². The fourth-order valence-electron chi connectivity index (χ4n) is 5.53. The Kier molecular flexibility index (Phi) is 11.3. The molecule has 0 saturated carbocycles. The minimum atomic E-state index is -3.77. The van der Waals surface area contributed by atoms with Crippen LogP contribution >= 0.6 is 15.9 Å². The van der Waals surface area contributed by atoms with Gasteiger partial charge in [-0.25, -0.2) is 8.42 Å². The summed E-state index contributed by atoms with van der Waals surface area (Å²) in [4.78, 5) is 38.9. The number of ether oxygens (including phenoxy) is 1. The average molecular weight is 701 g/mol. The number of unbranched alkanes of at least 4 members (excludes halogenated alkanes) is 1. The van der Waals surface area contributed by atoms with Gasteiger partial charge in [0.1, 0.15) is 18.3 Å². The largest absolute Gasteiger partial charge is 0.483 e. The lowest BCUT2D eigenvalue weighted by molar-refractivity contribution is -0.138. The van der Waals surface area contributed by atoms with E-state index in [0.29, 0.717) is 28.7 Å². The van der Waals surface area contributed by atoms with Crippen LogP contribution < -0.4 is 20.3 Å². The summed E-state index contributed by atoms with van der Waals surface area (Å²) < 4.78 is 34.4. The number of fused-ring (bicyclic) bond motifs is 1. The Morgan fingerprint density at radius 3 is 2.33 bits per heavy atom. The number of amides is 2. The number of carbonyl (C=O) groups is 3. The average Bonchev–Trinajstić information content (AvgIpc) is 3.12. The van der Waals surface area contributed by atoms with Crippen LogP contribution in [0.4, 0.5) is 11.4 Å². The number of aliphatic carboxylic acids is 1. The molecule has 0 bridgehead atoms. The second-order valence-electron chi connectivity index (χ2n) is 11.2. The van der Waals surface area contributed by atoms with E-state index in [1.807, 2.05) is 37.3 Å². The highest BCUT2D eigenvalue weighted by molar-refractivity contribution is 9.10. The van der Waals surface area contributed by atoms with Crippen LogP contribution in [-0.2, 0) is 24.2 Å². The maximum absolute atomic E-state index is 14.0. The number of hydrogen-bond donors (Lipinski definition) is 3. The van der Waals surface area contributed by atoms with Crippen LogP contribution in [-0.4, -0.2) is 56.8 Å². The highest BCUT2D eigenvalue weighted by Gasteiger charge is 2.42. The van der Waals surface area contributed by atoms with Crippen LogP contribution in [0.3, 0.4) is 0 Å². The van der Waals surface area contributed by atoms with Crippen molar-refractivity contribution in [3.05, 3.63) is 82.8 Å². The highest BCUT2D eigenvalue weighted by atomic mass is 79.9. The third-order valence-corrected chi connectivity index (χ3v) is 10.6. The first-order valence-corrected chi connectivity index (χ1v) is 17.3. The number of halogens is 1. The Hall–Kier alpha value is -3.90. The van der Waals surface area contributed by atoms with Gasteiger partial charge in [-0.1, -0.05) is 75.2 Å². The zero-order valence-corrected chi connectivity index (χ0v) is 27.7. The van der Waals surface area contributed by atoms with Crippen molar-refractivity contribution in [1.82, 2.24) is 10.6 Å². The van der Waals surface area contributed by atoms with Crippen molar-refractivity contribution in [2.45, 2.75) is 50.5 Å². The molecule has 3 aromatic carbocycles. The fraction of sp³-hybridized carbons (Fsp3) is 0.364. The summed E-state index contributed by atoms with van der Waals surface area (Å²) >= 11 is 3.52. The third kappa shape index (κ3) is 8.43. The molecule has 0 aliphatic carbocycles. The number of carbonyl (C=O) groups excluding carboxylic acids is 2. The number of para-hydroxylation sites is 1. The number of hydrogen-bond acceptors (Lipinski definition) is 7. The molecular weight excluding hydrogens is 662 g/mol. The van der Waals surface area contributed by atoms with Gasteiger partial charge in [-0.2, -0.15) is 0 Å². The standard InChI is InChI=1S/C33H38BrN3O7S/c1-3-5-16-33(4-2)21-37(24-14-10-7-11-15-24)26-17-25(34)27(18-28(26)45(42,43)22-33)44-20-29(38)36-31(23-12-8-6-9-13-23)32(41)35-19-30(39)40/h6-15,17-18,31H,3-5,16,19-22H2,1-2H3,(H,35,41)(H,36,38)(H,39,40)/t31-,33?/m1/s1. The Labute approximate surface area is 272 Å². The summed E-state index contributed by atoms with van der Waals surface area (Å²) in [5.41, 5.74) is 1.38. The second kappa shape index (κ2) is 14.9. The minimum absolute atomic E-state index is 0.0153. The number of nitrogens with one attached hydrogen (secondary N) is 2. The van der Waals surface area contributed by atoms with Gasteiger partial charge in [0.05, 0.1) is 20.8 Å². The molecule has 4 rings (SSSR count). The summed E-state index contributed by atoms with van der Waals surface area (Å²) in [5, 5.41) is 13.8. The van der Waals surface area contributed by atoms with E-state index in [1.54, 1.807) is 36.4 Å². The van der Waals surface area contributed by atoms with Crippen molar-refractivity contribution in [2.24, 2.45) is 5.41 Å². The Morgan fingerprint density at radius 2 is 1.71 bits per heavy atom. The first kappa shape index (κ1) is 34.0. The maximum atomic E-state index is 14.0. The quantitative estimate of drug-likeness (QED) is 0.215. The van der Waals surface area contributed by atoms with Crippen LogP contribution in [0.1, 0.15) is 51.1 Å². The summed E-state index contributed by atoms with van der Waals surface area (Å²) in [6.45, 7) is 3.53. The molecule has 10 nitrogen and oxygen atoms in total. The first-order valence-electron chi connectivity index (χ1n) is 14.8. The van der Waals surface area contributed by atoms with Gasteiger partial charge in [-0.05, 0) is 52.5 Å². The molecule has 0 fully saturated rings. The van der Waals surface area contributed by atoms with E-state index in [1.165, 1.54) is 6.07 Å². The van der Waals surface area contributed by atoms with Gasteiger partial charge in [0.2, 0.25) is 5.91 Å². The van der Waals surface area contributed by atoms with Gasteiger partial charge in [0.15, 0.2) is 16.4 Å². The molecule has 3 aromatic rings. The Morgan fingerprint density at radius 1 is 1.04 bits per heavy atom. The molecule has 3 N–H and O–H groups in total. The molecule has 0 aromatic heterocycles. The number of anilines is 2. The van der Waals surface area contributed by atoms with Gasteiger partial charge < -0.3 is 25.4 Å². The lowest BCUT2D eigenvalue weighted by atomic mass is 9.81. The number of rotatable bonds is 13. The normalized spacial score (nSPS) is 17.8. The molecule has 45 heavy (non-hydrogen) atoms. The summed E-state index contributed by atoms with van der Waals surface area (Å²) in [5.74, 6) is -2.43. The van der Waals surface area contributed by atoms with E-state index >= 15 is 0 Å². The smallest absolute Gasteiger partial charge is 0.322 e. The van der Waals surface area contributed by atoms with Crippen molar-refractivity contribution >= 4 is 54.9 Å². The first-order chi connectivity index (χ1) is 21.5. The van der Waals surface area contributed by atoms with E-state index in [0.717, 1.165) is 24.9 Å². The molecule has 0 radical (unpaired) electrons. The van der Waals surface area contributed by atoms with Crippen molar-refractivity contribution in [2.75, 3.05) is 30.3 Å². The van der Waals surface area contributed by atoms with Crippen LogP contribution in [0.15, 0.2) is 82.2 Å². The van der Waals surface area contributed by atoms with Gasteiger partial charge >= 0.3 is 5.97 Å². The number of carboxylic acid groups (broad SMARTS) is 1. The predicted molar refractivity (Wildman–Crippen MR) is 175 cm³/mol. The molecule has 1 heterocycles. The van der Waals surface area contributed by atoms with Gasteiger partial charge in [0.25, 0.3) is 5.91 Å². The zero-order valence-electron chi connectivity index (χ0n) is 25.3. The van der Waals surface area contributed by atoms with E-state index in [4.69, 9.17) is 9.84 Å². The van der Waals surface area contributed by atoms with Crippen molar-refractivity contribution in [3.8, 4) is 5.75 Å². The van der Waals surface area contributed by atoms with Crippen molar-refractivity contribution in [3.63, 3.8) is 0 Å². The molecule has 1 aliphatic rings. The lowest BCUT2D eigenvalue weighted by Crippen LogP contribution is -2.43. The Bertz CT molecular complexity index is 1620. The zero-order chi connectivity index (χ0) is 32.6. The molecule has 0 saturated heterocycles. The molecule has 1 unspecified atom stereocenters. The van der Waals surface area contributed by atoms with Gasteiger partial charge in [0, 0.05) is 23.7 Å². The van der Waals surface area contributed by atoms with Crippen molar-refractivity contribution in [1.29, 1.82) is 0 Å². The van der Waals surface area contributed by atoms with Crippen LogP contribution in [0.5, 0.6) is 5.75 Å². The fourth-order valence-corrected chi connectivity index (χ4v) is 8.15. The van der Waals surface area contributed by atoms with E-state index < -0.39 is 52.2 Å². The van der Waals surface area contributed by atoms with E-state index in [2.05, 4.69) is 38.4 Å². The summed E-state index contributed by atoms with van der Waals surface area (Å²) in [6.07, 6.45) is 3.33. The van der Waals surface area contributed by atoms with Crippen LogP contribution in [0.25, 0.3) is 0 Å². The predicted octanol–water partition coefficient (Wildman–Crippen LogP) is 5.40. The topological polar surface area (TPSA) is 142 Å². The number of carboxylic acids is 1. The molecule has 2 atom stereocenters. The van der Waals surface area contributed by atoms with E-state index in [-0.39, 0.29) is 16.4 Å². The number of sulfone groups is 1. The van der Waals surface area contributed by atoms with Crippen LogP contribution in [0.2, 0.25) is 0 Å². The molecular formula is C33H38BrN3O7S. The lowest BCUT2D eigenvalue weighted by Gasteiger charge is -2.36. The molecule has 2 amide bonds. The minimum Gasteiger partial charge on any atom is -0.483 e. The maximum Gasteiger partial charge on any atom is 0.322 e. The summed E-state index contributed by atoms with van der Waals surface area (Å²) in [7, 11) is -3.77.